The predicted molar refractivity (Wildman–Crippen MR) is 79.5 cm³/mol. The lowest BCUT2D eigenvalue weighted by Crippen LogP contribution is -2.41. The second-order valence-corrected chi connectivity index (χ2v) is 6.23. The smallest absolute Gasteiger partial charge is 0.226 e. The average Bonchev–Trinajstić information content (AvgIpc) is 2.41. The molecule has 1 aromatic carbocycles. The molecule has 0 aromatic heterocycles. The number of nitrogens with zero attached hydrogens (tertiary/aromatic N) is 1. The molecule has 1 aromatic rings. The Labute approximate surface area is 118 Å². The van der Waals surface area contributed by atoms with E-state index in [0.29, 0.717) is 24.0 Å². The van der Waals surface area contributed by atoms with Gasteiger partial charge in [0, 0.05) is 29.8 Å². The number of ether oxygens (including phenoxy) is 1. The van der Waals surface area contributed by atoms with Crippen LogP contribution in [0.25, 0.3) is 0 Å². The molecule has 1 amide bonds. The monoisotopic (exact) mass is 280 g/mol. The van der Waals surface area contributed by atoms with Crippen LogP contribution in [0.1, 0.15) is 13.3 Å². The SMILES string of the molecule is CC1CN(C(=O)CCOc2ccc(N)cc2)CCS1. The number of nitrogen functional groups attached to an aromatic ring is 1. The van der Waals surface area contributed by atoms with Crippen LogP contribution >= 0.6 is 11.8 Å². The number of amides is 1. The number of hydrogen-bond acceptors (Lipinski definition) is 4. The third-order valence-corrected chi connectivity index (χ3v) is 4.19. The Balaban J connectivity index is 1.73. The fourth-order valence-electron chi connectivity index (χ4n) is 2.02. The quantitative estimate of drug-likeness (QED) is 0.857. The van der Waals surface area contributed by atoms with Crippen LogP contribution in [0.15, 0.2) is 24.3 Å². The number of carbonyl (C=O) groups excluding carboxylic acids is 1. The van der Waals surface area contributed by atoms with Crippen molar-refractivity contribution in [1.29, 1.82) is 0 Å². The zero-order chi connectivity index (χ0) is 13.7. The Morgan fingerprint density at radius 3 is 2.89 bits per heavy atom. The molecule has 0 bridgehead atoms. The molecule has 0 saturated carbocycles. The van der Waals surface area contributed by atoms with Gasteiger partial charge in [-0.05, 0) is 24.3 Å². The van der Waals surface area contributed by atoms with Gasteiger partial charge in [0.2, 0.25) is 5.91 Å². The van der Waals surface area contributed by atoms with Gasteiger partial charge in [0.1, 0.15) is 5.75 Å². The van der Waals surface area contributed by atoms with E-state index in [9.17, 15) is 4.79 Å². The van der Waals surface area contributed by atoms with Crippen molar-refractivity contribution in [2.24, 2.45) is 0 Å². The summed E-state index contributed by atoms with van der Waals surface area (Å²) in [4.78, 5) is 13.9. The number of nitrogens with two attached hydrogens (primary N) is 1. The minimum absolute atomic E-state index is 0.183. The minimum Gasteiger partial charge on any atom is -0.493 e. The van der Waals surface area contributed by atoms with Gasteiger partial charge in [0.15, 0.2) is 0 Å². The van der Waals surface area contributed by atoms with Crippen LogP contribution < -0.4 is 10.5 Å². The molecule has 1 saturated heterocycles. The highest BCUT2D eigenvalue weighted by atomic mass is 32.2. The van der Waals surface area contributed by atoms with Crippen molar-refractivity contribution in [3.05, 3.63) is 24.3 Å². The molecule has 0 spiro atoms. The van der Waals surface area contributed by atoms with E-state index in [-0.39, 0.29) is 5.91 Å². The molecule has 1 heterocycles. The highest BCUT2D eigenvalue weighted by Crippen LogP contribution is 2.18. The van der Waals surface area contributed by atoms with Gasteiger partial charge in [-0.1, -0.05) is 6.92 Å². The van der Waals surface area contributed by atoms with E-state index < -0.39 is 0 Å². The summed E-state index contributed by atoms with van der Waals surface area (Å²) in [6.07, 6.45) is 0.432. The third kappa shape index (κ3) is 4.35. The highest BCUT2D eigenvalue weighted by Gasteiger charge is 2.20. The van der Waals surface area contributed by atoms with Gasteiger partial charge in [-0.25, -0.2) is 0 Å². The van der Waals surface area contributed by atoms with Gasteiger partial charge in [0.25, 0.3) is 0 Å². The zero-order valence-electron chi connectivity index (χ0n) is 11.2. The summed E-state index contributed by atoms with van der Waals surface area (Å²) in [5.41, 5.74) is 6.31. The number of benzene rings is 1. The number of anilines is 1. The van der Waals surface area contributed by atoms with Crippen LogP contribution in [0.3, 0.4) is 0 Å². The Hall–Kier alpha value is -1.36. The van der Waals surface area contributed by atoms with Gasteiger partial charge in [-0.2, -0.15) is 11.8 Å². The van der Waals surface area contributed by atoms with Crippen molar-refractivity contribution in [2.75, 3.05) is 31.2 Å². The van der Waals surface area contributed by atoms with Gasteiger partial charge in [0.05, 0.1) is 13.0 Å². The molecule has 2 rings (SSSR count). The normalized spacial score (nSPS) is 19.2. The van der Waals surface area contributed by atoms with Crippen LogP contribution in [0, 0.1) is 0 Å². The fraction of sp³-hybridized carbons (Fsp3) is 0.500. The third-order valence-electron chi connectivity index (χ3n) is 3.06. The Kier molecular flexibility index (Phi) is 4.96. The van der Waals surface area contributed by atoms with E-state index in [2.05, 4.69) is 6.92 Å². The predicted octanol–water partition coefficient (Wildman–Crippen LogP) is 2.00. The van der Waals surface area contributed by atoms with Crippen molar-refractivity contribution >= 4 is 23.4 Å². The number of carbonyl (C=O) groups is 1. The molecular weight excluding hydrogens is 260 g/mol. The van der Waals surface area contributed by atoms with Crippen LogP contribution in [0.4, 0.5) is 5.69 Å². The molecule has 4 nitrogen and oxygen atoms in total. The Bertz CT molecular complexity index is 422. The Morgan fingerprint density at radius 2 is 2.21 bits per heavy atom. The van der Waals surface area contributed by atoms with Crippen molar-refractivity contribution in [2.45, 2.75) is 18.6 Å². The summed E-state index contributed by atoms with van der Waals surface area (Å²) >= 11 is 1.92. The largest absolute Gasteiger partial charge is 0.493 e. The molecule has 2 N–H and O–H groups in total. The zero-order valence-corrected chi connectivity index (χ0v) is 12.0. The van der Waals surface area contributed by atoms with Gasteiger partial charge >= 0.3 is 0 Å². The summed E-state index contributed by atoms with van der Waals surface area (Å²) in [7, 11) is 0. The molecule has 5 heteroatoms. The topological polar surface area (TPSA) is 55.6 Å². The summed E-state index contributed by atoms with van der Waals surface area (Å²) < 4.78 is 5.54. The highest BCUT2D eigenvalue weighted by molar-refractivity contribution is 7.99. The van der Waals surface area contributed by atoms with Gasteiger partial charge in [-0.15, -0.1) is 0 Å². The molecule has 19 heavy (non-hydrogen) atoms. The summed E-state index contributed by atoms with van der Waals surface area (Å²) in [5.74, 6) is 1.97. The van der Waals surface area contributed by atoms with Gasteiger partial charge in [-0.3, -0.25) is 4.79 Å². The summed E-state index contributed by atoms with van der Waals surface area (Å²) in [6.45, 7) is 4.29. The molecule has 1 fully saturated rings. The van der Waals surface area contributed by atoms with Crippen molar-refractivity contribution < 1.29 is 9.53 Å². The first-order chi connectivity index (χ1) is 9.15. The van der Waals surface area contributed by atoms with Crippen LogP contribution in [-0.2, 0) is 4.79 Å². The van der Waals surface area contributed by atoms with E-state index in [1.54, 1.807) is 12.1 Å². The molecule has 0 radical (unpaired) electrons. The molecule has 1 aliphatic rings. The van der Waals surface area contributed by atoms with Crippen LogP contribution in [-0.4, -0.2) is 41.5 Å². The molecule has 1 atom stereocenters. The standard InChI is InChI=1S/C14H20N2O2S/c1-11-10-16(7-9-19-11)14(17)6-8-18-13-4-2-12(15)3-5-13/h2-5,11H,6-10,15H2,1H3. The number of hydrogen-bond donors (Lipinski definition) is 1. The minimum atomic E-state index is 0.183. The maximum absolute atomic E-state index is 12.0. The maximum Gasteiger partial charge on any atom is 0.226 e. The second-order valence-electron chi connectivity index (χ2n) is 4.69. The number of rotatable bonds is 4. The van der Waals surface area contributed by atoms with Crippen molar-refractivity contribution in [3.8, 4) is 5.75 Å². The van der Waals surface area contributed by atoms with E-state index in [0.717, 1.165) is 24.6 Å². The first-order valence-corrected chi connectivity index (χ1v) is 7.58. The first-order valence-electron chi connectivity index (χ1n) is 6.53. The summed E-state index contributed by atoms with van der Waals surface area (Å²) in [6, 6.07) is 7.22. The van der Waals surface area contributed by atoms with E-state index in [4.69, 9.17) is 10.5 Å². The van der Waals surface area contributed by atoms with Crippen LogP contribution in [0.2, 0.25) is 0 Å². The molecule has 104 valence electrons. The van der Waals surface area contributed by atoms with Crippen LogP contribution in [0.5, 0.6) is 5.75 Å². The molecule has 1 unspecified atom stereocenters. The van der Waals surface area contributed by atoms with E-state index in [1.807, 2.05) is 28.8 Å². The van der Waals surface area contributed by atoms with Gasteiger partial charge < -0.3 is 15.4 Å². The lowest BCUT2D eigenvalue weighted by atomic mass is 10.3. The average molecular weight is 280 g/mol. The molecule has 1 aliphatic heterocycles. The van der Waals surface area contributed by atoms with Crippen molar-refractivity contribution in [3.63, 3.8) is 0 Å². The summed E-state index contributed by atoms with van der Waals surface area (Å²) in [5, 5.41) is 0.538. The lowest BCUT2D eigenvalue weighted by molar-refractivity contribution is -0.131. The van der Waals surface area contributed by atoms with Crippen molar-refractivity contribution in [1.82, 2.24) is 4.90 Å². The lowest BCUT2D eigenvalue weighted by Gasteiger charge is -2.30. The second kappa shape index (κ2) is 6.70. The maximum atomic E-state index is 12.0. The molecule has 0 aliphatic carbocycles. The fourth-order valence-corrected chi connectivity index (χ4v) is 3.04. The van der Waals surface area contributed by atoms with E-state index in [1.165, 1.54) is 0 Å². The molecular formula is C14H20N2O2S. The number of thioether (sulfide) groups is 1. The first kappa shape index (κ1) is 14.1. The Morgan fingerprint density at radius 1 is 1.47 bits per heavy atom. The van der Waals surface area contributed by atoms with E-state index >= 15 is 0 Å².